The SMILES string of the molecule is CCN1CCc2cc(C=Nn3cc(C)nc3N)ccc21. The Morgan fingerprint density at radius 2 is 2.30 bits per heavy atom. The number of nitrogen functional groups attached to an aromatic ring is 1. The Morgan fingerprint density at radius 3 is 3.00 bits per heavy atom. The number of hydrogen-bond donors (Lipinski definition) is 1. The van der Waals surface area contributed by atoms with Crippen LogP contribution < -0.4 is 10.6 Å². The van der Waals surface area contributed by atoms with Crippen LogP contribution in [-0.4, -0.2) is 29.0 Å². The molecule has 0 aliphatic carbocycles. The summed E-state index contributed by atoms with van der Waals surface area (Å²) in [4.78, 5) is 6.52. The van der Waals surface area contributed by atoms with Gasteiger partial charge in [-0.15, -0.1) is 0 Å². The average molecular weight is 269 g/mol. The first kappa shape index (κ1) is 12.7. The fourth-order valence-corrected chi connectivity index (χ4v) is 2.62. The Balaban J connectivity index is 1.84. The number of nitrogens with two attached hydrogens (primary N) is 1. The van der Waals surface area contributed by atoms with E-state index in [-0.39, 0.29) is 0 Å². The van der Waals surface area contributed by atoms with Crippen LogP contribution in [0.3, 0.4) is 0 Å². The standard InChI is InChI=1S/C15H19N5/c1-3-19-7-6-13-8-12(4-5-14(13)19)9-17-20-10-11(2)18-15(20)16/h4-5,8-10H,3,6-7H2,1-2H3,(H2,16,18). The van der Waals surface area contributed by atoms with Crippen molar-refractivity contribution in [2.75, 3.05) is 23.7 Å². The van der Waals surface area contributed by atoms with Crippen LogP contribution in [0.25, 0.3) is 0 Å². The lowest BCUT2D eigenvalue weighted by Crippen LogP contribution is -2.18. The molecule has 0 spiro atoms. The summed E-state index contributed by atoms with van der Waals surface area (Å²) in [5.41, 5.74) is 10.5. The van der Waals surface area contributed by atoms with Gasteiger partial charge in [-0.1, -0.05) is 6.07 Å². The molecular formula is C15H19N5. The summed E-state index contributed by atoms with van der Waals surface area (Å²) in [5.74, 6) is 0.414. The van der Waals surface area contributed by atoms with E-state index >= 15 is 0 Å². The van der Waals surface area contributed by atoms with Crippen molar-refractivity contribution in [2.45, 2.75) is 20.3 Å². The maximum absolute atomic E-state index is 5.76. The van der Waals surface area contributed by atoms with Crippen LogP contribution in [0.15, 0.2) is 29.5 Å². The van der Waals surface area contributed by atoms with E-state index in [0.29, 0.717) is 5.95 Å². The van der Waals surface area contributed by atoms with Gasteiger partial charge in [0, 0.05) is 18.8 Å². The molecule has 0 saturated heterocycles. The third-order valence-corrected chi connectivity index (χ3v) is 3.64. The Kier molecular flexibility index (Phi) is 3.18. The molecule has 5 heteroatoms. The summed E-state index contributed by atoms with van der Waals surface area (Å²) in [5, 5.41) is 4.35. The van der Waals surface area contributed by atoms with E-state index in [4.69, 9.17) is 5.73 Å². The molecule has 1 aliphatic rings. The highest BCUT2D eigenvalue weighted by molar-refractivity contribution is 5.81. The number of hydrogen-bond acceptors (Lipinski definition) is 4. The molecule has 0 unspecified atom stereocenters. The van der Waals surface area contributed by atoms with Crippen molar-refractivity contribution >= 4 is 17.9 Å². The van der Waals surface area contributed by atoms with Crippen LogP contribution in [0.1, 0.15) is 23.7 Å². The lowest BCUT2D eigenvalue weighted by molar-refractivity contribution is 0.868. The van der Waals surface area contributed by atoms with E-state index in [1.807, 2.05) is 19.3 Å². The number of imidazole rings is 1. The van der Waals surface area contributed by atoms with E-state index in [2.05, 4.69) is 40.1 Å². The highest BCUT2D eigenvalue weighted by Crippen LogP contribution is 2.28. The normalized spacial score (nSPS) is 14.2. The number of likely N-dealkylation sites (N-methyl/N-ethyl adjacent to an activating group) is 1. The van der Waals surface area contributed by atoms with Gasteiger partial charge in [0.2, 0.25) is 5.95 Å². The Labute approximate surface area is 118 Å². The number of aryl methyl sites for hydroxylation is 1. The molecule has 0 radical (unpaired) electrons. The third kappa shape index (κ3) is 2.27. The fraction of sp³-hybridized carbons (Fsp3) is 0.333. The summed E-state index contributed by atoms with van der Waals surface area (Å²) in [6.45, 7) is 6.26. The van der Waals surface area contributed by atoms with Crippen molar-refractivity contribution in [3.63, 3.8) is 0 Å². The minimum absolute atomic E-state index is 0.414. The Hall–Kier alpha value is -2.30. The van der Waals surface area contributed by atoms with Gasteiger partial charge in [-0.2, -0.15) is 5.10 Å². The minimum Gasteiger partial charge on any atom is -0.371 e. The van der Waals surface area contributed by atoms with Gasteiger partial charge in [0.05, 0.1) is 18.1 Å². The first-order valence-electron chi connectivity index (χ1n) is 6.91. The molecule has 0 atom stereocenters. The molecule has 2 N–H and O–H groups in total. The molecule has 0 saturated carbocycles. The van der Waals surface area contributed by atoms with Crippen LogP contribution in [-0.2, 0) is 6.42 Å². The topological polar surface area (TPSA) is 59.4 Å². The molecule has 1 aliphatic heterocycles. The maximum Gasteiger partial charge on any atom is 0.221 e. The Morgan fingerprint density at radius 1 is 1.45 bits per heavy atom. The molecule has 3 rings (SSSR count). The average Bonchev–Trinajstić information content (AvgIpc) is 2.98. The van der Waals surface area contributed by atoms with Crippen molar-refractivity contribution < 1.29 is 0 Å². The number of aromatic nitrogens is 2. The molecule has 5 nitrogen and oxygen atoms in total. The van der Waals surface area contributed by atoms with Crippen molar-refractivity contribution in [3.8, 4) is 0 Å². The predicted molar refractivity (Wildman–Crippen MR) is 82.4 cm³/mol. The highest BCUT2D eigenvalue weighted by Gasteiger charge is 2.17. The quantitative estimate of drug-likeness (QED) is 0.867. The predicted octanol–water partition coefficient (Wildman–Crippen LogP) is 2.04. The summed E-state index contributed by atoms with van der Waals surface area (Å²) < 4.78 is 1.60. The molecular weight excluding hydrogens is 250 g/mol. The fourth-order valence-electron chi connectivity index (χ4n) is 2.62. The van der Waals surface area contributed by atoms with E-state index in [9.17, 15) is 0 Å². The molecule has 20 heavy (non-hydrogen) atoms. The molecule has 1 aromatic heterocycles. The smallest absolute Gasteiger partial charge is 0.221 e. The molecule has 2 aromatic rings. The Bertz CT molecular complexity index is 656. The molecule has 0 amide bonds. The van der Waals surface area contributed by atoms with Crippen LogP contribution in [0.5, 0.6) is 0 Å². The monoisotopic (exact) mass is 269 g/mol. The number of benzene rings is 1. The minimum atomic E-state index is 0.414. The van der Waals surface area contributed by atoms with Gasteiger partial charge in [0.25, 0.3) is 0 Å². The largest absolute Gasteiger partial charge is 0.371 e. The van der Waals surface area contributed by atoms with Gasteiger partial charge in [-0.05, 0) is 43.5 Å². The van der Waals surface area contributed by atoms with Gasteiger partial charge < -0.3 is 10.6 Å². The number of nitrogens with zero attached hydrogens (tertiary/aromatic N) is 4. The van der Waals surface area contributed by atoms with Gasteiger partial charge >= 0.3 is 0 Å². The molecule has 1 aromatic carbocycles. The highest BCUT2D eigenvalue weighted by atomic mass is 15.4. The van der Waals surface area contributed by atoms with Crippen LogP contribution >= 0.6 is 0 Å². The zero-order chi connectivity index (χ0) is 14.1. The zero-order valence-corrected chi connectivity index (χ0v) is 11.9. The van der Waals surface area contributed by atoms with Gasteiger partial charge in [0.15, 0.2) is 0 Å². The second kappa shape index (κ2) is 5.00. The van der Waals surface area contributed by atoms with Crippen LogP contribution in [0.4, 0.5) is 11.6 Å². The molecule has 0 fully saturated rings. The number of anilines is 2. The second-order valence-electron chi connectivity index (χ2n) is 5.05. The number of rotatable bonds is 3. The van der Waals surface area contributed by atoms with Crippen molar-refractivity contribution in [2.24, 2.45) is 5.10 Å². The summed E-state index contributed by atoms with van der Waals surface area (Å²) in [7, 11) is 0. The van der Waals surface area contributed by atoms with Crippen molar-refractivity contribution in [3.05, 3.63) is 41.2 Å². The van der Waals surface area contributed by atoms with E-state index in [1.54, 1.807) is 4.68 Å². The first-order valence-corrected chi connectivity index (χ1v) is 6.91. The lowest BCUT2D eigenvalue weighted by Gasteiger charge is -2.16. The number of fused-ring (bicyclic) bond motifs is 1. The van der Waals surface area contributed by atoms with E-state index in [0.717, 1.165) is 30.8 Å². The lowest BCUT2D eigenvalue weighted by atomic mass is 10.1. The second-order valence-corrected chi connectivity index (χ2v) is 5.05. The van der Waals surface area contributed by atoms with Crippen molar-refractivity contribution in [1.82, 2.24) is 9.66 Å². The maximum atomic E-state index is 5.76. The first-order chi connectivity index (χ1) is 9.67. The van der Waals surface area contributed by atoms with Crippen molar-refractivity contribution in [1.29, 1.82) is 0 Å². The summed E-state index contributed by atoms with van der Waals surface area (Å²) in [6.07, 6.45) is 4.75. The van der Waals surface area contributed by atoms with Crippen LogP contribution in [0, 0.1) is 6.92 Å². The van der Waals surface area contributed by atoms with Gasteiger partial charge in [-0.3, -0.25) is 0 Å². The zero-order valence-electron chi connectivity index (χ0n) is 11.9. The van der Waals surface area contributed by atoms with Gasteiger partial charge in [0.1, 0.15) is 0 Å². The third-order valence-electron chi connectivity index (χ3n) is 3.64. The van der Waals surface area contributed by atoms with Gasteiger partial charge in [-0.25, -0.2) is 9.66 Å². The summed E-state index contributed by atoms with van der Waals surface area (Å²) in [6, 6.07) is 6.47. The molecule has 2 heterocycles. The van der Waals surface area contributed by atoms with E-state index < -0.39 is 0 Å². The summed E-state index contributed by atoms with van der Waals surface area (Å²) >= 11 is 0. The van der Waals surface area contributed by atoms with E-state index in [1.165, 1.54) is 11.3 Å². The molecule has 104 valence electrons. The molecule has 0 bridgehead atoms. The van der Waals surface area contributed by atoms with Crippen LogP contribution in [0.2, 0.25) is 0 Å².